The number of carbonyl (C=O) groups excluding carboxylic acids is 1. The van der Waals surface area contributed by atoms with E-state index in [1.807, 2.05) is 25.1 Å². The first-order valence-corrected chi connectivity index (χ1v) is 5.53. The molecule has 0 radical (unpaired) electrons. The van der Waals surface area contributed by atoms with E-state index in [1.54, 1.807) is 0 Å². The van der Waals surface area contributed by atoms with E-state index in [2.05, 4.69) is 31.3 Å². The standard InChI is InChI=1S/C13H20N2O.ClH/c1-10(15-12(16)9-14)13(2,3)11-7-5-4-6-8-11;/h4-8,10H,9,14H2,1-3H3,(H,15,16);1H. The molecule has 0 bridgehead atoms. The van der Waals surface area contributed by atoms with Crippen molar-refractivity contribution in [3.05, 3.63) is 35.9 Å². The van der Waals surface area contributed by atoms with Crippen LogP contribution in [-0.2, 0) is 10.2 Å². The van der Waals surface area contributed by atoms with Crippen LogP contribution in [-0.4, -0.2) is 18.5 Å². The van der Waals surface area contributed by atoms with Crippen molar-refractivity contribution in [3.63, 3.8) is 0 Å². The average molecular weight is 257 g/mol. The van der Waals surface area contributed by atoms with Crippen molar-refractivity contribution in [1.29, 1.82) is 0 Å². The Kier molecular flexibility index (Phi) is 6.21. The summed E-state index contributed by atoms with van der Waals surface area (Å²) in [5, 5.41) is 2.90. The lowest BCUT2D eigenvalue weighted by atomic mass is 9.78. The quantitative estimate of drug-likeness (QED) is 0.864. The number of rotatable bonds is 4. The highest BCUT2D eigenvalue weighted by Gasteiger charge is 2.28. The third-order valence-corrected chi connectivity index (χ3v) is 3.16. The second-order valence-corrected chi connectivity index (χ2v) is 4.58. The van der Waals surface area contributed by atoms with Gasteiger partial charge < -0.3 is 11.1 Å². The fraction of sp³-hybridized carbons (Fsp3) is 0.462. The zero-order valence-corrected chi connectivity index (χ0v) is 11.4. The molecule has 0 aliphatic rings. The Bertz CT molecular complexity index is 352. The highest BCUT2D eigenvalue weighted by Crippen LogP contribution is 2.26. The first kappa shape index (κ1) is 15.9. The van der Waals surface area contributed by atoms with Gasteiger partial charge in [0.25, 0.3) is 0 Å². The maximum Gasteiger partial charge on any atom is 0.233 e. The molecule has 1 unspecified atom stereocenters. The molecule has 1 aromatic carbocycles. The number of hydrogen-bond acceptors (Lipinski definition) is 2. The Balaban J connectivity index is 0.00000256. The summed E-state index contributed by atoms with van der Waals surface area (Å²) in [4.78, 5) is 11.3. The second-order valence-electron chi connectivity index (χ2n) is 4.58. The van der Waals surface area contributed by atoms with E-state index in [4.69, 9.17) is 5.73 Å². The monoisotopic (exact) mass is 256 g/mol. The number of nitrogens with two attached hydrogens (primary N) is 1. The Morgan fingerprint density at radius 1 is 1.35 bits per heavy atom. The van der Waals surface area contributed by atoms with Crippen LogP contribution in [0, 0.1) is 0 Å². The van der Waals surface area contributed by atoms with Gasteiger partial charge in [-0.15, -0.1) is 12.4 Å². The van der Waals surface area contributed by atoms with E-state index in [0.717, 1.165) is 0 Å². The Morgan fingerprint density at radius 2 is 1.88 bits per heavy atom. The fourth-order valence-corrected chi connectivity index (χ4v) is 1.60. The van der Waals surface area contributed by atoms with E-state index in [9.17, 15) is 4.79 Å². The number of carbonyl (C=O) groups is 1. The molecule has 3 nitrogen and oxygen atoms in total. The minimum atomic E-state index is -0.114. The summed E-state index contributed by atoms with van der Waals surface area (Å²) in [6.45, 7) is 6.27. The maximum absolute atomic E-state index is 11.3. The number of amides is 1. The molecule has 96 valence electrons. The van der Waals surface area contributed by atoms with E-state index < -0.39 is 0 Å². The van der Waals surface area contributed by atoms with E-state index in [-0.39, 0.29) is 36.3 Å². The Labute approximate surface area is 109 Å². The first-order valence-electron chi connectivity index (χ1n) is 5.53. The molecule has 3 N–H and O–H groups in total. The lowest BCUT2D eigenvalue weighted by molar-refractivity contribution is -0.120. The largest absolute Gasteiger partial charge is 0.352 e. The van der Waals surface area contributed by atoms with Crippen LogP contribution in [0.25, 0.3) is 0 Å². The third-order valence-electron chi connectivity index (χ3n) is 3.16. The summed E-state index contributed by atoms with van der Waals surface area (Å²) in [7, 11) is 0. The van der Waals surface area contributed by atoms with Crippen molar-refractivity contribution < 1.29 is 4.79 Å². The Hall–Kier alpha value is -1.06. The normalized spacial score (nSPS) is 12.5. The Morgan fingerprint density at radius 3 is 2.35 bits per heavy atom. The molecule has 1 amide bonds. The summed E-state index contributed by atoms with van der Waals surface area (Å²) >= 11 is 0. The summed E-state index contributed by atoms with van der Waals surface area (Å²) in [6.07, 6.45) is 0. The molecule has 0 aliphatic heterocycles. The van der Waals surface area contributed by atoms with Gasteiger partial charge in [-0.25, -0.2) is 0 Å². The fourth-order valence-electron chi connectivity index (χ4n) is 1.60. The summed E-state index contributed by atoms with van der Waals surface area (Å²) in [6, 6.07) is 10.2. The molecule has 0 aromatic heterocycles. The molecule has 0 spiro atoms. The highest BCUT2D eigenvalue weighted by atomic mass is 35.5. The van der Waals surface area contributed by atoms with Gasteiger partial charge in [-0.1, -0.05) is 44.2 Å². The van der Waals surface area contributed by atoms with Crippen LogP contribution in [0.15, 0.2) is 30.3 Å². The summed E-state index contributed by atoms with van der Waals surface area (Å²) in [5.41, 5.74) is 6.39. The lowest BCUT2D eigenvalue weighted by Gasteiger charge is -2.33. The average Bonchev–Trinajstić information content (AvgIpc) is 2.29. The predicted octanol–water partition coefficient (Wildman–Crippen LogP) is 1.85. The van der Waals surface area contributed by atoms with Crippen LogP contribution >= 0.6 is 12.4 Å². The van der Waals surface area contributed by atoms with Crippen LogP contribution in [0.2, 0.25) is 0 Å². The SMILES string of the molecule is CC(NC(=O)CN)C(C)(C)c1ccccc1.Cl. The van der Waals surface area contributed by atoms with Gasteiger partial charge in [0.05, 0.1) is 6.54 Å². The van der Waals surface area contributed by atoms with Crippen LogP contribution in [0.5, 0.6) is 0 Å². The smallest absolute Gasteiger partial charge is 0.233 e. The van der Waals surface area contributed by atoms with Crippen molar-refractivity contribution in [2.75, 3.05) is 6.54 Å². The highest BCUT2D eigenvalue weighted by molar-refractivity contribution is 5.85. The molecule has 0 saturated carbocycles. The lowest BCUT2D eigenvalue weighted by Crippen LogP contribution is -2.47. The van der Waals surface area contributed by atoms with E-state index in [1.165, 1.54) is 5.56 Å². The molecule has 0 saturated heterocycles. The zero-order chi connectivity index (χ0) is 12.2. The molecule has 1 aromatic rings. The minimum absolute atomic E-state index is 0. The van der Waals surface area contributed by atoms with Gasteiger partial charge in [0.1, 0.15) is 0 Å². The van der Waals surface area contributed by atoms with Crippen molar-refractivity contribution in [2.45, 2.75) is 32.2 Å². The van der Waals surface area contributed by atoms with Crippen LogP contribution in [0.1, 0.15) is 26.3 Å². The van der Waals surface area contributed by atoms with Gasteiger partial charge in [-0.05, 0) is 12.5 Å². The van der Waals surface area contributed by atoms with Gasteiger partial charge >= 0.3 is 0 Å². The predicted molar refractivity (Wildman–Crippen MR) is 73.4 cm³/mol. The van der Waals surface area contributed by atoms with Crippen LogP contribution in [0.4, 0.5) is 0 Å². The van der Waals surface area contributed by atoms with Gasteiger partial charge in [-0.3, -0.25) is 4.79 Å². The number of halogens is 1. The first-order chi connectivity index (χ1) is 7.48. The van der Waals surface area contributed by atoms with Gasteiger partial charge in [0.2, 0.25) is 5.91 Å². The van der Waals surface area contributed by atoms with Crippen LogP contribution < -0.4 is 11.1 Å². The van der Waals surface area contributed by atoms with Gasteiger partial charge in [0.15, 0.2) is 0 Å². The molecular weight excluding hydrogens is 236 g/mol. The maximum atomic E-state index is 11.3. The van der Waals surface area contributed by atoms with Crippen molar-refractivity contribution in [3.8, 4) is 0 Å². The number of benzene rings is 1. The number of nitrogens with one attached hydrogen (secondary N) is 1. The van der Waals surface area contributed by atoms with Crippen molar-refractivity contribution in [2.24, 2.45) is 5.73 Å². The molecule has 0 fully saturated rings. The molecule has 1 rings (SSSR count). The molecule has 17 heavy (non-hydrogen) atoms. The molecule has 4 heteroatoms. The molecule has 0 aliphatic carbocycles. The van der Waals surface area contributed by atoms with Gasteiger partial charge in [0, 0.05) is 11.5 Å². The minimum Gasteiger partial charge on any atom is -0.352 e. The summed E-state index contributed by atoms with van der Waals surface area (Å²) in [5.74, 6) is -0.114. The zero-order valence-electron chi connectivity index (χ0n) is 10.6. The molecule has 1 atom stereocenters. The van der Waals surface area contributed by atoms with Crippen LogP contribution in [0.3, 0.4) is 0 Å². The topological polar surface area (TPSA) is 55.1 Å². The van der Waals surface area contributed by atoms with Crippen molar-refractivity contribution >= 4 is 18.3 Å². The molecule has 0 heterocycles. The van der Waals surface area contributed by atoms with E-state index in [0.29, 0.717) is 0 Å². The van der Waals surface area contributed by atoms with Crippen molar-refractivity contribution in [1.82, 2.24) is 5.32 Å². The number of hydrogen-bond donors (Lipinski definition) is 2. The third kappa shape index (κ3) is 4.02. The summed E-state index contributed by atoms with van der Waals surface area (Å²) < 4.78 is 0. The second kappa shape index (κ2) is 6.62. The molecular formula is C13H21ClN2O. The van der Waals surface area contributed by atoms with E-state index >= 15 is 0 Å². The van der Waals surface area contributed by atoms with Gasteiger partial charge in [-0.2, -0.15) is 0 Å².